The van der Waals surface area contributed by atoms with Crippen molar-refractivity contribution in [3.63, 3.8) is 0 Å². The number of piperidine rings is 2. The number of rotatable bonds is 11. The van der Waals surface area contributed by atoms with Gasteiger partial charge in [0.15, 0.2) is 0 Å². The minimum absolute atomic E-state index is 0.0226. The summed E-state index contributed by atoms with van der Waals surface area (Å²) in [7, 11) is 0. The largest absolute Gasteiger partial charge is 0.344 e. The molecule has 45 heavy (non-hydrogen) atoms. The zero-order valence-corrected chi connectivity index (χ0v) is 28.6. The lowest BCUT2D eigenvalue weighted by Gasteiger charge is -2.46. The van der Waals surface area contributed by atoms with Crippen LogP contribution in [0.5, 0.6) is 0 Å². The van der Waals surface area contributed by atoms with E-state index < -0.39 is 6.04 Å². The zero-order chi connectivity index (χ0) is 31.9. The Morgan fingerprint density at radius 3 is 2.22 bits per heavy atom. The van der Waals surface area contributed by atoms with Gasteiger partial charge in [-0.05, 0) is 100 Å². The van der Waals surface area contributed by atoms with Crippen LogP contribution >= 0.6 is 11.6 Å². The fourth-order valence-corrected chi connectivity index (χ4v) is 7.79. The van der Waals surface area contributed by atoms with Crippen molar-refractivity contribution in [2.75, 3.05) is 39.3 Å². The lowest BCUT2D eigenvalue weighted by Crippen LogP contribution is -2.56. The first-order valence-electron chi connectivity index (χ1n) is 17.3. The minimum atomic E-state index is -0.610. The van der Waals surface area contributed by atoms with E-state index in [0.717, 1.165) is 51.0 Å². The average Bonchev–Trinajstić information content (AvgIpc) is 3.04. The molecular weight excluding hydrogens is 582 g/mol. The van der Waals surface area contributed by atoms with E-state index in [1.807, 2.05) is 35.2 Å². The Hall–Kier alpha value is -2.45. The molecule has 0 aromatic heterocycles. The van der Waals surface area contributed by atoms with Crippen molar-refractivity contribution in [1.82, 2.24) is 25.3 Å². The Bertz CT molecular complexity index is 1250. The summed E-state index contributed by atoms with van der Waals surface area (Å²) >= 11 is 6.16. The fraction of sp³-hybridized carbons (Fsp3) is 0.622. The summed E-state index contributed by atoms with van der Waals surface area (Å²) in [5.74, 6) is 0.536. The number of nitrogens with one attached hydrogen (secondary N) is 2. The molecule has 5 rings (SSSR count). The predicted octanol–water partition coefficient (Wildman–Crippen LogP) is 5.47. The van der Waals surface area contributed by atoms with Crippen LogP contribution in [0.1, 0.15) is 82.5 Å². The average molecular weight is 636 g/mol. The van der Waals surface area contributed by atoms with Gasteiger partial charge < -0.3 is 20.4 Å². The number of benzene rings is 2. The number of hydrogen-bond donors (Lipinski definition) is 2. The standard InChI is InChI=1S/C37H54ClN5O2/c1-26(2)25-43(31-14-19-41(20-15-31)27(3)4)32-16-21-42(22-17-32)37(45)35(23-28-9-11-30(38)12-10-28)40-36(44)24-34-33-8-6-5-7-29(33)13-18-39-34/h5-12,26-27,31-32,34-35,39H,13-25H2,1-4H3,(H,40,44)/t34?,35-/m1/s1. The van der Waals surface area contributed by atoms with Gasteiger partial charge in [0.05, 0.1) is 0 Å². The van der Waals surface area contributed by atoms with Crippen molar-refractivity contribution in [1.29, 1.82) is 0 Å². The molecule has 246 valence electrons. The number of halogens is 1. The summed E-state index contributed by atoms with van der Waals surface area (Å²) in [6, 6.07) is 17.0. The molecule has 1 unspecified atom stereocenters. The molecule has 2 N–H and O–H groups in total. The number of amides is 2. The van der Waals surface area contributed by atoms with Crippen LogP contribution in [-0.2, 0) is 22.4 Å². The molecule has 2 saturated heterocycles. The highest BCUT2D eigenvalue weighted by molar-refractivity contribution is 6.30. The maximum atomic E-state index is 14.1. The van der Waals surface area contributed by atoms with Crippen LogP contribution in [0.3, 0.4) is 0 Å². The van der Waals surface area contributed by atoms with Crippen LogP contribution < -0.4 is 10.6 Å². The van der Waals surface area contributed by atoms with Crippen molar-refractivity contribution in [3.8, 4) is 0 Å². The molecule has 0 radical (unpaired) electrons. The second-order valence-electron chi connectivity index (χ2n) is 14.1. The van der Waals surface area contributed by atoms with E-state index >= 15 is 0 Å². The summed E-state index contributed by atoms with van der Waals surface area (Å²) in [4.78, 5) is 35.0. The van der Waals surface area contributed by atoms with Gasteiger partial charge in [0.25, 0.3) is 0 Å². The lowest BCUT2D eigenvalue weighted by atomic mass is 9.92. The molecule has 3 aliphatic rings. The predicted molar refractivity (Wildman–Crippen MR) is 183 cm³/mol. The van der Waals surface area contributed by atoms with Crippen LogP contribution in [0.25, 0.3) is 0 Å². The molecule has 3 aliphatic heterocycles. The maximum Gasteiger partial charge on any atom is 0.245 e. The third-order valence-corrected chi connectivity index (χ3v) is 10.4. The van der Waals surface area contributed by atoms with Crippen molar-refractivity contribution >= 4 is 23.4 Å². The molecule has 3 heterocycles. The van der Waals surface area contributed by atoms with E-state index in [1.165, 1.54) is 37.1 Å². The summed E-state index contributed by atoms with van der Waals surface area (Å²) in [5, 5.41) is 7.34. The van der Waals surface area contributed by atoms with Crippen molar-refractivity contribution < 1.29 is 9.59 Å². The Balaban J connectivity index is 1.23. The molecule has 0 spiro atoms. The first-order chi connectivity index (χ1) is 21.7. The van der Waals surface area contributed by atoms with Crippen LogP contribution in [0.15, 0.2) is 48.5 Å². The van der Waals surface area contributed by atoms with Gasteiger partial charge >= 0.3 is 0 Å². The Labute approximate surface area is 276 Å². The minimum Gasteiger partial charge on any atom is -0.344 e. The van der Waals surface area contributed by atoms with E-state index in [4.69, 9.17) is 11.6 Å². The van der Waals surface area contributed by atoms with Crippen molar-refractivity contribution in [3.05, 3.63) is 70.2 Å². The Morgan fingerprint density at radius 1 is 0.933 bits per heavy atom. The molecule has 0 bridgehead atoms. The van der Waals surface area contributed by atoms with Gasteiger partial charge in [-0.25, -0.2) is 0 Å². The molecule has 8 heteroatoms. The number of hydrogen-bond acceptors (Lipinski definition) is 5. The van der Waals surface area contributed by atoms with Crippen molar-refractivity contribution in [2.45, 2.75) is 103 Å². The van der Waals surface area contributed by atoms with E-state index in [-0.39, 0.29) is 17.9 Å². The van der Waals surface area contributed by atoms with Gasteiger partial charge in [-0.1, -0.05) is 61.8 Å². The first-order valence-corrected chi connectivity index (χ1v) is 17.7. The molecule has 0 saturated carbocycles. The van der Waals surface area contributed by atoms with E-state index in [9.17, 15) is 9.59 Å². The van der Waals surface area contributed by atoms with Crippen LogP contribution in [0.4, 0.5) is 0 Å². The summed E-state index contributed by atoms with van der Waals surface area (Å²) in [5.41, 5.74) is 3.47. The van der Waals surface area contributed by atoms with Crippen molar-refractivity contribution in [2.24, 2.45) is 5.92 Å². The number of carbonyl (C=O) groups excluding carboxylic acids is 2. The first kappa shape index (κ1) is 33.9. The van der Waals surface area contributed by atoms with Gasteiger partial charge in [-0.15, -0.1) is 0 Å². The molecule has 2 atom stereocenters. The molecule has 2 fully saturated rings. The topological polar surface area (TPSA) is 67.9 Å². The molecular formula is C37H54ClN5O2. The van der Waals surface area contributed by atoms with Gasteiger partial charge in [0.1, 0.15) is 6.04 Å². The van der Waals surface area contributed by atoms with Crippen LogP contribution in [-0.4, -0.2) is 89.9 Å². The molecule has 2 aromatic rings. The third kappa shape index (κ3) is 9.09. The number of fused-ring (bicyclic) bond motifs is 1. The highest BCUT2D eigenvalue weighted by atomic mass is 35.5. The lowest BCUT2D eigenvalue weighted by molar-refractivity contribution is -0.138. The summed E-state index contributed by atoms with van der Waals surface area (Å²) in [6.45, 7) is 15.0. The highest BCUT2D eigenvalue weighted by Gasteiger charge is 2.35. The normalized spacial score (nSPS) is 20.9. The molecule has 2 amide bonds. The second-order valence-corrected chi connectivity index (χ2v) is 14.6. The second kappa shape index (κ2) is 15.9. The summed E-state index contributed by atoms with van der Waals surface area (Å²) < 4.78 is 0. The highest BCUT2D eigenvalue weighted by Crippen LogP contribution is 2.28. The van der Waals surface area contributed by atoms with E-state index in [1.54, 1.807) is 0 Å². The van der Waals surface area contributed by atoms with Crippen LogP contribution in [0, 0.1) is 5.92 Å². The van der Waals surface area contributed by atoms with E-state index in [2.05, 4.69) is 66.3 Å². The monoisotopic (exact) mass is 635 g/mol. The van der Waals surface area contributed by atoms with Gasteiger partial charge in [0.2, 0.25) is 11.8 Å². The van der Waals surface area contributed by atoms with E-state index in [0.29, 0.717) is 41.9 Å². The smallest absolute Gasteiger partial charge is 0.245 e. The Kier molecular flexibility index (Phi) is 12.0. The third-order valence-electron chi connectivity index (χ3n) is 10.1. The van der Waals surface area contributed by atoms with Gasteiger partial charge in [-0.2, -0.15) is 0 Å². The van der Waals surface area contributed by atoms with Gasteiger partial charge in [0, 0.05) is 61.7 Å². The maximum absolute atomic E-state index is 14.1. The summed E-state index contributed by atoms with van der Waals surface area (Å²) in [6.07, 6.45) is 6.13. The van der Waals surface area contributed by atoms with Crippen LogP contribution in [0.2, 0.25) is 5.02 Å². The quantitative estimate of drug-likeness (QED) is 0.343. The number of likely N-dealkylation sites (tertiary alicyclic amines) is 2. The Morgan fingerprint density at radius 2 is 1.58 bits per heavy atom. The molecule has 2 aromatic carbocycles. The molecule has 7 nitrogen and oxygen atoms in total. The SMILES string of the molecule is CC(C)CN(C1CCN(C(=O)[C@@H](Cc2ccc(Cl)cc2)NC(=O)CC2NCCc3ccccc32)CC1)C1CCN(C(C)C)CC1. The number of nitrogens with zero attached hydrogens (tertiary/aromatic N) is 3. The molecule has 0 aliphatic carbocycles. The fourth-order valence-electron chi connectivity index (χ4n) is 7.66. The van der Waals surface area contributed by atoms with Gasteiger partial charge in [-0.3, -0.25) is 14.5 Å². The number of carbonyl (C=O) groups is 2. The zero-order valence-electron chi connectivity index (χ0n) is 27.8.